The molecule has 22 heavy (non-hydrogen) atoms. The Balaban J connectivity index is 3.14. The van der Waals surface area contributed by atoms with Gasteiger partial charge < -0.3 is 9.84 Å². The molecule has 0 heterocycles. The standard InChI is InChI=1S/C16H30O6/c1-14(2)12-10-8-6-4-3-5-7-9-11-13-20-16(19)22-21-15(17)18/h14H,3-13H2,1-2H3,(H,17,18). The Hall–Kier alpha value is -1.46. The van der Waals surface area contributed by atoms with Crippen LogP contribution in [0.15, 0.2) is 0 Å². The lowest BCUT2D eigenvalue weighted by atomic mass is 10.0. The van der Waals surface area contributed by atoms with Crippen molar-refractivity contribution in [1.29, 1.82) is 0 Å². The van der Waals surface area contributed by atoms with Gasteiger partial charge in [-0.05, 0) is 12.3 Å². The predicted molar refractivity (Wildman–Crippen MR) is 82.6 cm³/mol. The summed E-state index contributed by atoms with van der Waals surface area (Å²) in [7, 11) is 0. The van der Waals surface area contributed by atoms with Crippen molar-refractivity contribution in [3.05, 3.63) is 0 Å². The molecule has 0 aromatic rings. The number of carbonyl (C=O) groups is 2. The molecule has 1 N–H and O–H groups in total. The Morgan fingerprint density at radius 1 is 0.818 bits per heavy atom. The number of hydrogen-bond acceptors (Lipinski definition) is 5. The highest BCUT2D eigenvalue weighted by Gasteiger charge is 2.08. The molecule has 0 amide bonds. The van der Waals surface area contributed by atoms with Gasteiger partial charge in [0.25, 0.3) is 0 Å². The molecule has 0 aliphatic rings. The molecule has 6 nitrogen and oxygen atoms in total. The zero-order valence-electron chi connectivity index (χ0n) is 13.8. The lowest BCUT2D eigenvalue weighted by Crippen LogP contribution is -2.11. The molecule has 0 spiro atoms. The van der Waals surface area contributed by atoms with Crippen molar-refractivity contribution in [2.75, 3.05) is 6.61 Å². The Bertz CT molecular complexity index is 290. The van der Waals surface area contributed by atoms with Crippen molar-refractivity contribution in [3.63, 3.8) is 0 Å². The Morgan fingerprint density at radius 3 is 1.82 bits per heavy atom. The minimum Gasteiger partial charge on any atom is -0.447 e. The topological polar surface area (TPSA) is 82.1 Å². The van der Waals surface area contributed by atoms with Crippen LogP contribution in [-0.2, 0) is 14.5 Å². The first kappa shape index (κ1) is 20.5. The first-order valence-corrected chi connectivity index (χ1v) is 8.26. The second kappa shape index (κ2) is 14.5. The summed E-state index contributed by atoms with van der Waals surface area (Å²) in [6.07, 6.45) is 9.16. The molecular formula is C16H30O6. The number of carboxylic acid groups (broad SMARTS) is 1. The molecule has 0 fully saturated rings. The number of unbranched alkanes of at least 4 members (excludes halogenated alkanes) is 8. The van der Waals surface area contributed by atoms with Crippen LogP contribution in [0.3, 0.4) is 0 Å². The van der Waals surface area contributed by atoms with E-state index < -0.39 is 12.3 Å². The quantitative estimate of drug-likeness (QED) is 0.227. The van der Waals surface area contributed by atoms with Gasteiger partial charge in [-0.1, -0.05) is 71.6 Å². The fourth-order valence-electron chi connectivity index (χ4n) is 2.14. The summed E-state index contributed by atoms with van der Waals surface area (Å²) in [6.45, 7) is 4.75. The molecule has 0 atom stereocenters. The maximum atomic E-state index is 10.8. The number of carbonyl (C=O) groups excluding carboxylic acids is 1. The normalized spacial score (nSPS) is 10.5. The van der Waals surface area contributed by atoms with Gasteiger partial charge in [0.05, 0.1) is 6.61 Å². The summed E-state index contributed by atoms with van der Waals surface area (Å²) in [4.78, 5) is 28.2. The SMILES string of the molecule is CC(C)CCCCCCCCCCCOC(=O)OOC(=O)O. The van der Waals surface area contributed by atoms with Gasteiger partial charge in [0.2, 0.25) is 0 Å². The van der Waals surface area contributed by atoms with E-state index in [1.807, 2.05) is 0 Å². The lowest BCUT2D eigenvalue weighted by Gasteiger charge is -2.05. The largest absolute Gasteiger partial charge is 0.549 e. The van der Waals surface area contributed by atoms with Crippen LogP contribution in [0.1, 0.15) is 78.1 Å². The van der Waals surface area contributed by atoms with Crippen LogP contribution in [0.25, 0.3) is 0 Å². The van der Waals surface area contributed by atoms with Crippen LogP contribution in [0.5, 0.6) is 0 Å². The first-order valence-electron chi connectivity index (χ1n) is 8.26. The molecule has 0 aliphatic heterocycles. The van der Waals surface area contributed by atoms with Crippen molar-refractivity contribution in [2.24, 2.45) is 5.92 Å². The van der Waals surface area contributed by atoms with E-state index in [1.165, 1.54) is 44.9 Å². The molecule has 0 aliphatic carbocycles. The van der Waals surface area contributed by atoms with Crippen molar-refractivity contribution in [1.82, 2.24) is 0 Å². The second-order valence-corrected chi connectivity index (χ2v) is 5.90. The van der Waals surface area contributed by atoms with Gasteiger partial charge in [0.15, 0.2) is 0 Å². The van der Waals surface area contributed by atoms with Crippen LogP contribution in [0, 0.1) is 5.92 Å². The van der Waals surface area contributed by atoms with Gasteiger partial charge in [0, 0.05) is 0 Å². The van der Waals surface area contributed by atoms with Crippen LogP contribution >= 0.6 is 0 Å². The van der Waals surface area contributed by atoms with E-state index >= 15 is 0 Å². The van der Waals surface area contributed by atoms with Gasteiger partial charge in [0.1, 0.15) is 0 Å². The van der Waals surface area contributed by atoms with Crippen molar-refractivity contribution in [2.45, 2.75) is 78.1 Å². The van der Waals surface area contributed by atoms with Crippen molar-refractivity contribution in [3.8, 4) is 0 Å². The number of ether oxygens (including phenoxy) is 1. The zero-order chi connectivity index (χ0) is 16.6. The monoisotopic (exact) mass is 318 g/mol. The van der Waals surface area contributed by atoms with E-state index in [9.17, 15) is 9.59 Å². The highest BCUT2D eigenvalue weighted by atomic mass is 17.3. The Labute approximate surface area is 133 Å². The van der Waals surface area contributed by atoms with Crippen LogP contribution in [0.4, 0.5) is 9.59 Å². The molecule has 0 bridgehead atoms. The molecule has 0 rings (SSSR count). The van der Waals surface area contributed by atoms with Gasteiger partial charge in [-0.15, -0.1) is 0 Å². The van der Waals surface area contributed by atoms with E-state index in [1.54, 1.807) is 0 Å². The van der Waals surface area contributed by atoms with Crippen LogP contribution < -0.4 is 0 Å². The minimum absolute atomic E-state index is 0.219. The third-order valence-electron chi connectivity index (χ3n) is 3.33. The van der Waals surface area contributed by atoms with Crippen LogP contribution in [-0.4, -0.2) is 24.0 Å². The maximum absolute atomic E-state index is 10.8. The van der Waals surface area contributed by atoms with E-state index in [0.29, 0.717) is 0 Å². The van der Waals surface area contributed by atoms with E-state index in [4.69, 9.17) is 5.11 Å². The summed E-state index contributed by atoms with van der Waals surface area (Å²) in [5.74, 6) is 0.815. The maximum Gasteiger partial charge on any atom is 0.549 e. The zero-order valence-corrected chi connectivity index (χ0v) is 13.8. The highest BCUT2D eigenvalue weighted by molar-refractivity contribution is 5.62. The fourth-order valence-corrected chi connectivity index (χ4v) is 2.14. The van der Waals surface area contributed by atoms with E-state index in [0.717, 1.165) is 25.2 Å². The average molecular weight is 318 g/mol. The Kier molecular flexibility index (Phi) is 13.5. The molecule has 0 unspecified atom stereocenters. The van der Waals surface area contributed by atoms with Crippen LogP contribution in [0.2, 0.25) is 0 Å². The molecule has 0 aromatic heterocycles. The molecule has 6 heteroatoms. The second-order valence-electron chi connectivity index (χ2n) is 5.90. The third-order valence-corrected chi connectivity index (χ3v) is 3.33. The van der Waals surface area contributed by atoms with Gasteiger partial charge in [-0.2, -0.15) is 9.68 Å². The van der Waals surface area contributed by atoms with E-state index in [2.05, 4.69) is 28.4 Å². The molecule has 0 radical (unpaired) electrons. The Morgan fingerprint density at radius 2 is 1.32 bits per heavy atom. The average Bonchev–Trinajstić information content (AvgIpc) is 2.45. The highest BCUT2D eigenvalue weighted by Crippen LogP contribution is 2.13. The van der Waals surface area contributed by atoms with Crippen molar-refractivity contribution < 1.29 is 29.2 Å². The van der Waals surface area contributed by atoms with Crippen molar-refractivity contribution >= 4 is 12.3 Å². The van der Waals surface area contributed by atoms with E-state index in [-0.39, 0.29) is 6.61 Å². The van der Waals surface area contributed by atoms with Gasteiger partial charge >= 0.3 is 12.3 Å². The number of hydrogen-bond donors (Lipinski definition) is 1. The summed E-state index contributed by atoms with van der Waals surface area (Å²) >= 11 is 0. The summed E-state index contributed by atoms with van der Waals surface area (Å²) in [6, 6.07) is 0. The smallest absolute Gasteiger partial charge is 0.447 e. The lowest BCUT2D eigenvalue weighted by molar-refractivity contribution is -0.213. The molecule has 0 saturated carbocycles. The minimum atomic E-state index is -1.68. The molecule has 0 saturated heterocycles. The first-order chi connectivity index (χ1) is 10.5. The molecule has 130 valence electrons. The third kappa shape index (κ3) is 16.6. The number of rotatable bonds is 12. The summed E-state index contributed by atoms with van der Waals surface area (Å²) in [5, 5.41) is 8.09. The molecule has 0 aromatic carbocycles. The van der Waals surface area contributed by atoms with Gasteiger partial charge in [-0.25, -0.2) is 9.68 Å². The predicted octanol–water partition coefficient (Wildman–Crippen LogP) is 5.31. The summed E-state index contributed by atoms with van der Waals surface area (Å²) < 4.78 is 4.63. The fraction of sp³-hybridized carbons (Fsp3) is 0.875. The van der Waals surface area contributed by atoms with Gasteiger partial charge in [-0.3, -0.25) is 0 Å². The summed E-state index contributed by atoms with van der Waals surface area (Å²) in [5.41, 5.74) is 0. The molecular weight excluding hydrogens is 288 g/mol.